The van der Waals surface area contributed by atoms with E-state index >= 15 is 0 Å². The van der Waals surface area contributed by atoms with Crippen LogP contribution in [0.2, 0.25) is 0 Å². The van der Waals surface area contributed by atoms with Crippen LogP contribution in [0.5, 0.6) is 0 Å². The number of fused-ring (bicyclic) bond motifs is 1. The van der Waals surface area contributed by atoms with Crippen LogP contribution in [0.25, 0.3) is 17.5 Å². The first-order chi connectivity index (χ1) is 19.5. The first kappa shape index (κ1) is 24.0. The minimum absolute atomic E-state index is 0.0696. The van der Waals surface area contributed by atoms with Gasteiger partial charge >= 0.3 is 0 Å². The van der Waals surface area contributed by atoms with E-state index < -0.39 is 5.60 Å². The third kappa shape index (κ3) is 3.99. The Kier molecular flexibility index (Phi) is 5.48. The third-order valence-corrected chi connectivity index (χ3v) is 9.73. The van der Waals surface area contributed by atoms with E-state index in [9.17, 15) is 9.90 Å². The zero-order valence-electron chi connectivity index (χ0n) is 22.4. The highest BCUT2D eigenvalue weighted by molar-refractivity contribution is 5.91. The van der Waals surface area contributed by atoms with Gasteiger partial charge in [0, 0.05) is 56.6 Å². The van der Waals surface area contributed by atoms with Gasteiger partial charge in [-0.3, -0.25) is 9.78 Å². The lowest BCUT2D eigenvalue weighted by molar-refractivity contribution is -0.129. The molecule has 2 N–H and O–H groups in total. The van der Waals surface area contributed by atoms with Crippen LogP contribution in [-0.4, -0.2) is 73.8 Å². The van der Waals surface area contributed by atoms with E-state index in [-0.39, 0.29) is 17.8 Å². The van der Waals surface area contributed by atoms with Gasteiger partial charge in [0.15, 0.2) is 0 Å². The van der Waals surface area contributed by atoms with Crippen LogP contribution in [-0.2, 0) is 6.42 Å². The predicted molar refractivity (Wildman–Crippen MR) is 149 cm³/mol. The second kappa shape index (κ2) is 9.12. The van der Waals surface area contributed by atoms with E-state index in [0.717, 1.165) is 54.0 Å². The average Bonchev–Trinajstić information content (AvgIpc) is 3.65. The highest BCUT2D eigenvalue weighted by atomic mass is 16.5. The maximum atomic E-state index is 13.3. The van der Waals surface area contributed by atoms with Crippen molar-refractivity contribution in [3.63, 3.8) is 0 Å². The largest absolute Gasteiger partial charge is 0.390 e. The van der Waals surface area contributed by atoms with Crippen molar-refractivity contribution < 1.29 is 14.4 Å². The van der Waals surface area contributed by atoms with Gasteiger partial charge in [-0.2, -0.15) is 4.98 Å². The molecule has 0 aromatic carbocycles. The number of nitrogens with zero attached hydrogens (tertiary/aromatic N) is 6. The fourth-order valence-electron chi connectivity index (χ4n) is 8.14. The molecule has 6 aliphatic rings. The first-order valence-electron chi connectivity index (χ1n) is 14.5. The number of carbonyl (C=O) groups is 1. The summed E-state index contributed by atoms with van der Waals surface area (Å²) in [4.78, 5) is 31.0. The lowest BCUT2D eigenvalue weighted by Crippen LogP contribution is -2.59. The summed E-state index contributed by atoms with van der Waals surface area (Å²) in [6.45, 7) is 2.52. The minimum atomic E-state index is -0.484. The normalized spacial score (nSPS) is 30.1. The summed E-state index contributed by atoms with van der Waals surface area (Å²) in [6.07, 6.45) is 13.6. The van der Waals surface area contributed by atoms with Crippen molar-refractivity contribution in [2.45, 2.75) is 50.2 Å². The number of pyridine rings is 2. The molecule has 206 valence electrons. The summed E-state index contributed by atoms with van der Waals surface area (Å²) >= 11 is 0. The molecular formula is C30H33N7O3. The Balaban J connectivity index is 1.04. The van der Waals surface area contributed by atoms with Crippen molar-refractivity contribution in [3.8, 4) is 11.5 Å². The van der Waals surface area contributed by atoms with Crippen LogP contribution in [0.15, 0.2) is 41.2 Å². The molecule has 10 heteroatoms. The van der Waals surface area contributed by atoms with Gasteiger partial charge in [-0.15, -0.1) is 0 Å². The zero-order chi connectivity index (χ0) is 26.8. The second-order valence-corrected chi connectivity index (χ2v) is 12.3. The molecule has 3 aromatic heterocycles. The lowest BCUT2D eigenvalue weighted by Gasteiger charge is -2.58. The lowest BCUT2D eigenvalue weighted by atomic mass is 9.52. The number of aromatic nitrogens is 4. The number of hydrogen-bond acceptors (Lipinski definition) is 9. The Bertz CT molecular complexity index is 1460. The minimum Gasteiger partial charge on any atom is -0.390 e. The number of rotatable bonds is 5. The summed E-state index contributed by atoms with van der Waals surface area (Å²) in [7, 11) is 0. The molecule has 4 heterocycles. The number of anilines is 2. The fourth-order valence-corrected chi connectivity index (χ4v) is 8.14. The molecule has 4 saturated carbocycles. The summed E-state index contributed by atoms with van der Waals surface area (Å²) in [5.74, 6) is 2.59. The molecule has 3 aromatic rings. The Labute approximate surface area is 232 Å². The van der Waals surface area contributed by atoms with Crippen LogP contribution in [0.1, 0.15) is 54.0 Å². The van der Waals surface area contributed by atoms with Crippen LogP contribution in [0.4, 0.5) is 11.5 Å². The predicted octanol–water partition coefficient (Wildman–Crippen LogP) is 3.41. The van der Waals surface area contributed by atoms with E-state index in [2.05, 4.69) is 37.5 Å². The molecule has 0 radical (unpaired) electrons. The standard InChI is InChI=1S/C30H33N7O3/c38-29(37-10-8-36(9-11-37)24-6-1-2-7-31-24)27-34-28(40-35-27)22-17-32-23-5-3-4-21(23)26(22)33-25-19-12-18-13-20(25)16-30(39,14-18)15-19/h1-4,6-7,17-20,25,39H,5,8-16H2,(H,32,33). The van der Waals surface area contributed by atoms with Crippen molar-refractivity contribution in [2.24, 2.45) is 17.8 Å². The zero-order valence-corrected chi connectivity index (χ0v) is 22.4. The molecular weight excluding hydrogens is 506 g/mol. The number of nitrogens with one attached hydrogen (secondary N) is 1. The molecule has 1 amide bonds. The van der Waals surface area contributed by atoms with Gasteiger partial charge in [0.1, 0.15) is 5.82 Å². The molecule has 9 rings (SSSR count). The van der Waals surface area contributed by atoms with Crippen molar-refractivity contribution in [1.82, 2.24) is 25.0 Å². The maximum Gasteiger partial charge on any atom is 0.295 e. The monoisotopic (exact) mass is 539 g/mol. The second-order valence-electron chi connectivity index (χ2n) is 12.3. The number of piperazine rings is 1. The van der Waals surface area contributed by atoms with Gasteiger partial charge in [0.25, 0.3) is 17.6 Å². The number of hydrogen-bond donors (Lipinski definition) is 2. The summed E-state index contributed by atoms with van der Waals surface area (Å²) in [5.41, 5.74) is 3.28. The molecule has 1 saturated heterocycles. The number of amides is 1. The molecule has 4 bridgehead atoms. The number of allylic oxidation sites excluding steroid dienone is 1. The van der Waals surface area contributed by atoms with Crippen LogP contribution >= 0.6 is 0 Å². The van der Waals surface area contributed by atoms with E-state index in [1.807, 2.05) is 18.2 Å². The third-order valence-electron chi connectivity index (χ3n) is 9.73. The van der Waals surface area contributed by atoms with E-state index in [1.54, 1.807) is 17.3 Å². The molecule has 5 fully saturated rings. The Morgan fingerprint density at radius 3 is 2.65 bits per heavy atom. The van der Waals surface area contributed by atoms with Gasteiger partial charge in [-0.25, -0.2) is 4.98 Å². The summed E-state index contributed by atoms with van der Waals surface area (Å²) in [5, 5.41) is 19.1. The van der Waals surface area contributed by atoms with Crippen LogP contribution in [0, 0.1) is 17.8 Å². The van der Waals surface area contributed by atoms with Gasteiger partial charge in [-0.1, -0.05) is 23.4 Å². The molecule has 40 heavy (non-hydrogen) atoms. The highest BCUT2D eigenvalue weighted by Crippen LogP contribution is 2.56. The summed E-state index contributed by atoms with van der Waals surface area (Å²) in [6, 6.07) is 6.15. The van der Waals surface area contributed by atoms with Crippen molar-refractivity contribution in [3.05, 3.63) is 53.8 Å². The SMILES string of the molecule is O=C(c1noc(-c2cnc3c(c2NC2C4CC5CC2CC(O)(C5)C4)C=CC3)n1)N1CCN(c2ccccn2)CC1. The van der Waals surface area contributed by atoms with Gasteiger partial charge in [0.2, 0.25) is 0 Å². The molecule has 5 aliphatic carbocycles. The first-order valence-corrected chi connectivity index (χ1v) is 14.5. The molecule has 0 spiro atoms. The van der Waals surface area contributed by atoms with Gasteiger partial charge in [0.05, 0.1) is 22.5 Å². The number of carbonyl (C=O) groups excluding carboxylic acids is 1. The average molecular weight is 540 g/mol. The quantitative estimate of drug-likeness (QED) is 0.502. The molecule has 10 nitrogen and oxygen atoms in total. The molecule has 1 aliphatic heterocycles. The van der Waals surface area contributed by atoms with Crippen molar-refractivity contribution in [2.75, 3.05) is 36.4 Å². The Hall–Kier alpha value is -3.79. The van der Waals surface area contributed by atoms with Gasteiger partial charge < -0.3 is 24.7 Å². The fraction of sp³-hybridized carbons (Fsp3) is 0.500. The van der Waals surface area contributed by atoms with E-state index in [4.69, 9.17) is 9.51 Å². The highest BCUT2D eigenvalue weighted by Gasteiger charge is 2.55. The Morgan fingerprint density at radius 1 is 1.07 bits per heavy atom. The van der Waals surface area contributed by atoms with Crippen molar-refractivity contribution >= 4 is 23.5 Å². The van der Waals surface area contributed by atoms with Crippen LogP contribution in [0.3, 0.4) is 0 Å². The molecule has 2 atom stereocenters. The van der Waals surface area contributed by atoms with E-state index in [1.165, 1.54) is 12.8 Å². The van der Waals surface area contributed by atoms with Crippen molar-refractivity contribution in [1.29, 1.82) is 0 Å². The van der Waals surface area contributed by atoms with E-state index in [0.29, 0.717) is 49.8 Å². The maximum absolute atomic E-state index is 13.3. The molecule has 2 unspecified atom stereocenters. The topological polar surface area (TPSA) is 121 Å². The van der Waals surface area contributed by atoms with Gasteiger partial charge in [-0.05, 0) is 62.0 Å². The Morgan fingerprint density at radius 2 is 1.90 bits per heavy atom. The van der Waals surface area contributed by atoms with Crippen LogP contribution < -0.4 is 10.2 Å². The smallest absolute Gasteiger partial charge is 0.295 e. The summed E-state index contributed by atoms with van der Waals surface area (Å²) < 4.78 is 5.70. The number of aliphatic hydroxyl groups is 1.